The van der Waals surface area contributed by atoms with Gasteiger partial charge in [-0.1, -0.05) is 12.1 Å². The molecule has 4 heterocycles. The van der Waals surface area contributed by atoms with E-state index in [-0.39, 0.29) is 0 Å². The van der Waals surface area contributed by atoms with E-state index in [1.165, 1.54) is 23.2 Å². The van der Waals surface area contributed by atoms with Crippen LogP contribution in [0.4, 0.5) is 5.69 Å². The summed E-state index contributed by atoms with van der Waals surface area (Å²) in [5.74, 6) is 0. The van der Waals surface area contributed by atoms with Crippen molar-refractivity contribution in [1.29, 1.82) is 0 Å². The lowest BCUT2D eigenvalue weighted by atomic mass is 9.95. The molecular weight excluding hydrogens is 320 g/mol. The van der Waals surface area contributed by atoms with Gasteiger partial charge in [0.05, 0.1) is 5.71 Å². The number of nitrogens with one attached hydrogen (secondary N) is 1. The fourth-order valence-electron chi connectivity index (χ4n) is 4.47. The van der Waals surface area contributed by atoms with Crippen LogP contribution < -0.4 is 10.2 Å². The summed E-state index contributed by atoms with van der Waals surface area (Å²) >= 11 is 0. The number of allylic oxidation sites excluding steroid dienone is 1. The molecule has 3 aliphatic heterocycles. The number of pyridine rings is 1. The normalized spacial score (nSPS) is 26.4. The van der Waals surface area contributed by atoms with Crippen LogP contribution in [0.1, 0.15) is 30.4 Å². The topological polar surface area (TPSA) is 40.5 Å². The van der Waals surface area contributed by atoms with Gasteiger partial charge in [-0.15, -0.1) is 0 Å². The van der Waals surface area contributed by atoms with E-state index in [9.17, 15) is 0 Å². The predicted molar refractivity (Wildman–Crippen MR) is 107 cm³/mol. The number of anilines is 1. The van der Waals surface area contributed by atoms with Gasteiger partial charge in [0.15, 0.2) is 0 Å². The minimum absolute atomic E-state index is 0.658. The summed E-state index contributed by atoms with van der Waals surface area (Å²) in [6.45, 7) is 3.16. The Morgan fingerprint density at radius 2 is 2.19 bits per heavy atom. The number of aliphatic imine (C=N–C) groups is 1. The third kappa shape index (κ3) is 2.95. The molecule has 1 aromatic carbocycles. The first-order valence-electron chi connectivity index (χ1n) is 9.63. The van der Waals surface area contributed by atoms with Crippen molar-refractivity contribution in [3.63, 3.8) is 0 Å². The Balaban J connectivity index is 1.45. The molecule has 0 radical (unpaired) electrons. The number of nitrogens with zero attached hydrogens (tertiary/aromatic N) is 3. The minimum Gasteiger partial charge on any atom is -0.366 e. The van der Waals surface area contributed by atoms with Crippen molar-refractivity contribution < 1.29 is 0 Å². The zero-order valence-electron chi connectivity index (χ0n) is 14.9. The lowest BCUT2D eigenvalue weighted by Crippen LogP contribution is -2.43. The zero-order valence-corrected chi connectivity index (χ0v) is 14.9. The molecule has 132 valence electrons. The van der Waals surface area contributed by atoms with Crippen molar-refractivity contribution in [1.82, 2.24) is 10.3 Å². The van der Waals surface area contributed by atoms with Crippen LogP contribution in [0.25, 0.3) is 6.08 Å². The number of hydrogen-bond acceptors (Lipinski definition) is 4. The van der Waals surface area contributed by atoms with Crippen LogP contribution in [0.15, 0.2) is 59.4 Å². The summed E-state index contributed by atoms with van der Waals surface area (Å²) < 4.78 is 0. The molecule has 2 atom stereocenters. The lowest BCUT2D eigenvalue weighted by Gasteiger charge is -2.29. The van der Waals surface area contributed by atoms with E-state index in [0.717, 1.165) is 43.8 Å². The molecule has 1 N–H and O–H groups in total. The standard InChI is InChI=1S/C22H24N4/c1-4-16(11-20(7-1)26-15-19-12-21(26)14-25-19)10-17-5-3-9-24-22(17)18-6-2-8-23-13-18/h1-2,4,6-8,10-11,13,19,21,25H,3,5,9,12,14-15H2/t19-,21-/m0/s1. The molecule has 2 bridgehead atoms. The van der Waals surface area contributed by atoms with E-state index in [1.54, 1.807) is 0 Å². The van der Waals surface area contributed by atoms with Gasteiger partial charge in [0, 0.05) is 55.4 Å². The third-order valence-electron chi connectivity index (χ3n) is 5.71. The van der Waals surface area contributed by atoms with Crippen LogP contribution >= 0.6 is 0 Å². The third-order valence-corrected chi connectivity index (χ3v) is 5.71. The van der Waals surface area contributed by atoms with Crippen molar-refractivity contribution in [3.8, 4) is 0 Å². The van der Waals surface area contributed by atoms with Gasteiger partial charge in [0.25, 0.3) is 0 Å². The molecule has 2 fully saturated rings. The molecule has 4 nitrogen and oxygen atoms in total. The number of hydrogen-bond donors (Lipinski definition) is 1. The first kappa shape index (κ1) is 15.8. The van der Waals surface area contributed by atoms with Crippen molar-refractivity contribution >= 4 is 17.5 Å². The second kappa shape index (κ2) is 6.69. The molecule has 2 saturated heterocycles. The van der Waals surface area contributed by atoms with E-state index in [2.05, 4.69) is 51.6 Å². The minimum atomic E-state index is 0.658. The number of aromatic nitrogens is 1. The zero-order chi connectivity index (χ0) is 17.3. The molecule has 3 aliphatic rings. The smallest absolute Gasteiger partial charge is 0.0694 e. The molecule has 2 aromatic rings. The molecule has 4 heteroatoms. The second-order valence-corrected chi connectivity index (χ2v) is 7.49. The van der Waals surface area contributed by atoms with E-state index in [0.29, 0.717) is 12.1 Å². The molecule has 1 aromatic heterocycles. The highest BCUT2D eigenvalue weighted by molar-refractivity contribution is 6.15. The molecule has 0 amide bonds. The molecule has 0 spiro atoms. The maximum atomic E-state index is 4.80. The van der Waals surface area contributed by atoms with Crippen molar-refractivity contribution in [2.75, 3.05) is 24.5 Å². The summed E-state index contributed by atoms with van der Waals surface area (Å²) in [7, 11) is 0. The molecule has 0 saturated carbocycles. The summed E-state index contributed by atoms with van der Waals surface area (Å²) in [6.07, 6.45) is 9.54. The Labute approximate surface area is 154 Å². The van der Waals surface area contributed by atoms with Crippen LogP contribution in [0.2, 0.25) is 0 Å². The summed E-state index contributed by atoms with van der Waals surface area (Å²) in [6, 6.07) is 14.4. The van der Waals surface area contributed by atoms with Crippen molar-refractivity contribution in [2.24, 2.45) is 4.99 Å². The van der Waals surface area contributed by atoms with Crippen LogP contribution in [0.3, 0.4) is 0 Å². The summed E-state index contributed by atoms with van der Waals surface area (Å²) in [5.41, 5.74) is 6.18. The quantitative estimate of drug-likeness (QED) is 0.929. The van der Waals surface area contributed by atoms with Gasteiger partial charge in [0.2, 0.25) is 0 Å². The van der Waals surface area contributed by atoms with Gasteiger partial charge < -0.3 is 10.2 Å². The Kier molecular flexibility index (Phi) is 4.06. The fraction of sp³-hybridized carbons (Fsp3) is 0.364. The van der Waals surface area contributed by atoms with Crippen LogP contribution in [0, 0.1) is 0 Å². The van der Waals surface area contributed by atoms with Crippen LogP contribution in [-0.2, 0) is 0 Å². The highest BCUT2D eigenvalue weighted by atomic mass is 15.3. The van der Waals surface area contributed by atoms with Crippen LogP contribution in [0.5, 0.6) is 0 Å². The Hall–Kier alpha value is -2.46. The van der Waals surface area contributed by atoms with Crippen molar-refractivity contribution in [3.05, 3.63) is 65.5 Å². The highest BCUT2D eigenvalue weighted by Crippen LogP contribution is 2.30. The van der Waals surface area contributed by atoms with Gasteiger partial charge in [-0.2, -0.15) is 0 Å². The Morgan fingerprint density at radius 1 is 1.19 bits per heavy atom. The number of piperazine rings is 1. The van der Waals surface area contributed by atoms with Gasteiger partial charge in [0.1, 0.15) is 0 Å². The lowest BCUT2D eigenvalue weighted by molar-refractivity contribution is 0.580. The Bertz CT molecular complexity index is 855. The summed E-state index contributed by atoms with van der Waals surface area (Å²) in [5, 5.41) is 3.58. The summed E-state index contributed by atoms with van der Waals surface area (Å²) in [4.78, 5) is 11.6. The SMILES string of the molecule is C(=C1CCCN=C1c1cccnc1)c1cccc(N2C[C@@H]3C[C@H]2CN3)c1. The van der Waals surface area contributed by atoms with Gasteiger partial charge in [-0.05, 0) is 60.7 Å². The average Bonchev–Trinajstić information content (AvgIpc) is 3.33. The highest BCUT2D eigenvalue weighted by Gasteiger charge is 2.37. The second-order valence-electron chi connectivity index (χ2n) is 7.49. The van der Waals surface area contributed by atoms with Gasteiger partial charge >= 0.3 is 0 Å². The molecule has 0 unspecified atom stereocenters. The van der Waals surface area contributed by atoms with Gasteiger partial charge in [-0.3, -0.25) is 9.98 Å². The maximum absolute atomic E-state index is 4.80. The average molecular weight is 344 g/mol. The van der Waals surface area contributed by atoms with Crippen LogP contribution in [-0.4, -0.2) is 42.4 Å². The predicted octanol–water partition coefficient (Wildman–Crippen LogP) is 3.30. The Morgan fingerprint density at radius 3 is 3.00 bits per heavy atom. The molecule has 26 heavy (non-hydrogen) atoms. The van der Waals surface area contributed by atoms with Crippen molar-refractivity contribution in [2.45, 2.75) is 31.3 Å². The maximum Gasteiger partial charge on any atom is 0.0694 e. The largest absolute Gasteiger partial charge is 0.366 e. The van der Waals surface area contributed by atoms with E-state index < -0.39 is 0 Å². The van der Waals surface area contributed by atoms with E-state index in [4.69, 9.17) is 4.99 Å². The molecular formula is C22H24N4. The fourth-order valence-corrected chi connectivity index (χ4v) is 4.47. The monoisotopic (exact) mass is 344 g/mol. The first-order valence-corrected chi connectivity index (χ1v) is 9.63. The van der Waals surface area contributed by atoms with E-state index in [1.807, 2.05) is 18.5 Å². The number of fused-ring (bicyclic) bond motifs is 2. The van der Waals surface area contributed by atoms with E-state index >= 15 is 0 Å². The number of benzene rings is 1. The van der Waals surface area contributed by atoms with Gasteiger partial charge in [-0.25, -0.2) is 0 Å². The first-order chi connectivity index (χ1) is 12.9. The number of rotatable bonds is 3. The molecule has 5 rings (SSSR count). The molecule has 0 aliphatic carbocycles.